The summed E-state index contributed by atoms with van der Waals surface area (Å²) in [5, 5.41) is 0. The third-order valence-corrected chi connectivity index (χ3v) is 4.41. The molecule has 0 unspecified atom stereocenters. The minimum absolute atomic E-state index is 0.116. The normalized spacial score (nSPS) is 19.2. The molecule has 1 atom stereocenters. The van der Waals surface area contributed by atoms with Crippen molar-refractivity contribution in [2.45, 2.75) is 26.5 Å². The molecular formula is C20H21NO4. The summed E-state index contributed by atoms with van der Waals surface area (Å²) < 4.78 is 10.7. The summed E-state index contributed by atoms with van der Waals surface area (Å²) in [6.07, 6.45) is -0.502. The van der Waals surface area contributed by atoms with E-state index in [1.165, 1.54) is 4.90 Å². The highest BCUT2D eigenvalue weighted by molar-refractivity contribution is 5.80. The molecule has 0 radical (unpaired) electrons. The Balaban J connectivity index is 1.82. The van der Waals surface area contributed by atoms with Gasteiger partial charge in [0.2, 0.25) is 0 Å². The van der Waals surface area contributed by atoms with Crippen molar-refractivity contribution in [2.24, 2.45) is 5.41 Å². The summed E-state index contributed by atoms with van der Waals surface area (Å²) in [5.74, 6) is -0.325. The van der Waals surface area contributed by atoms with Gasteiger partial charge < -0.3 is 9.47 Å². The van der Waals surface area contributed by atoms with Crippen molar-refractivity contribution in [2.75, 3.05) is 6.73 Å². The molecule has 1 fully saturated rings. The first-order chi connectivity index (χ1) is 12.0. The molecule has 1 heterocycles. The van der Waals surface area contributed by atoms with Crippen LogP contribution in [0.5, 0.6) is 0 Å². The molecule has 1 amide bonds. The van der Waals surface area contributed by atoms with Crippen LogP contribution in [0.4, 0.5) is 4.79 Å². The molecule has 0 saturated carbocycles. The van der Waals surface area contributed by atoms with E-state index in [9.17, 15) is 9.59 Å². The Morgan fingerprint density at radius 1 is 1.12 bits per heavy atom. The molecule has 25 heavy (non-hydrogen) atoms. The molecular weight excluding hydrogens is 318 g/mol. The van der Waals surface area contributed by atoms with E-state index in [0.29, 0.717) is 0 Å². The fraction of sp³-hybridized carbons (Fsp3) is 0.300. The van der Waals surface area contributed by atoms with Crippen LogP contribution >= 0.6 is 0 Å². The van der Waals surface area contributed by atoms with Gasteiger partial charge in [-0.05, 0) is 25.0 Å². The Labute approximate surface area is 147 Å². The van der Waals surface area contributed by atoms with Gasteiger partial charge in [0.05, 0.1) is 11.5 Å². The number of carbonyl (C=O) groups is 2. The zero-order valence-electron chi connectivity index (χ0n) is 14.3. The van der Waals surface area contributed by atoms with Crippen molar-refractivity contribution >= 4 is 12.1 Å². The summed E-state index contributed by atoms with van der Waals surface area (Å²) in [7, 11) is 0. The number of nitrogens with zero attached hydrogens (tertiary/aromatic N) is 1. The van der Waals surface area contributed by atoms with E-state index < -0.39 is 17.6 Å². The smallest absolute Gasteiger partial charge is 0.413 e. The Morgan fingerprint density at radius 3 is 2.36 bits per heavy atom. The zero-order valence-corrected chi connectivity index (χ0v) is 14.3. The van der Waals surface area contributed by atoms with Crippen molar-refractivity contribution in [3.63, 3.8) is 0 Å². The standard InChI is InChI=1S/C20H21NO4/c1-20(2)17(16-11-7-4-8-12-16)21(14-25-18(20)22)19(23)24-13-15-9-5-3-6-10-15/h3-12,17H,13-14H2,1-2H3/t17-/m0/s1. The minimum Gasteiger partial charge on any atom is -0.444 e. The molecule has 0 aromatic heterocycles. The molecule has 5 nitrogen and oxygen atoms in total. The van der Waals surface area contributed by atoms with Crippen molar-refractivity contribution in [1.82, 2.24) is 4.90 Å². The fourth-order valence-electron chi connectivity index (χ4n) is 3.08. The SMILES string of the molecule is CC1(C)C(=O)OCN(C(=O)OCc2ccccc2)[C@H]1c1ccccc1. The van der Waals surface area contributed by atoms with E-state index >= 15 is 0 Å². The highest BCUT2D eigenvalue weighted by atomic mass is 16.6. The predicted octanol–water partition coefficient (Wildman–Crippen LogP) is 3.91. The maximum atomic E-state index is 12.7. The number of amides is 1. The second-order valence-electron chi connectivity index (χ2n) is 6.61. The lowest BCUT2D eigenvalue weighted by atomic mass is 9.79. The van der Waals surface area contributed by atoms with E-state index in [-0.39, 0.29) is 19.3 Å². The van der Waals surface area contributed by atoms with Crippen LogP contribution in [0.1, 0.15) is 31.0 Å². The Bertz CT molecular complexity index is 743. The van der Waals surface area contributed by atoms with Crippen LogP contribution in [0.15, 0.2) is 60.7 Å². The van der Waals surface area contributed by atoms with Crippen LogP contribution in [0.25, 0.3) is 0 Å². The highest BCUT2D eigenvalue weighted by Gasteiger charge is 2.48. The van der Waals surface area contributed by atoms with Crippen LogP contribution < -0.4 is 0 Å². The average Bonchev–Trinajstić information content (AvgIpc) is 2.63. The van der Waals surface area contributed by atoms with Crippen molar-refractivity contribution in [3.05, 3.63) is 71.8 Å². The van der Waals surface area contributed by atoms with Crippen molar-refractivity contribution in [3.8, 4) is 0 Å². The average molecular weight is 339 g/mol. The summed E-state index contributed by atoms with van der Waals surface area (Å²) in [5.41, 5.74) is 0.909. The molecule has 3 rings (SSSR count). The lowest BCUT2D eigenvalue weighted by Crippen LogP contribution is -2.52. The topological polar surface area (TPSA) is 55.8 Å². The maximum absolute atomic E-state index is 12.7. The molecule has 0 aliphatic carbocycles. The van der Waals surface area contributed by atoms with Gasteiger partial charge in [0, 0.05) is 0 Å². The number of hydrogen-bond acceptors (Lipinski definition) is 4. The number of ether oxygens (including phenoxy) is 2. The number of hydrogen-bond donors (Lipinski definition) is 0. The van der Waals surface area contributed by atoms with Gasteiger partial charge in [-0.15, -0.1) is 0 Å². The zero-order chi connectivity index (χ0) is 17.9. The van der Waals surface area contributed by atoms with Gasteiger partial charge in [0.25, 0.3) is 0 Å². The van der Waals surface area contributed by atoms with E-state index in [1.807, 2.05) is 60.7 Å². The largest absolute Gasteiger partial charge is 0.444 e. The molecule has 0 N–H and O–H groups in total. The lowest BCUT2D eigenvalue weighted by Gasteiger charge is -2.43. The van der Waals surface area contributed by atoms with Gasteiger partial charge in [0.1, 0.15) is 6.61 Å². The van der Waals surface area contributed by atoms with Gasteiger partial charge in [-0.1, -0.05) is 60.7 Å². The van der Waals surface area contributed by atoms with E-state index in [1.54, 1.807) is 13.8 Å². The Kier molecular flexibility index (Phi) is 4.74. The molecule has 130 valence electrons. The third-order valence-electron chi connectivity index (χ3n) is 4.41. The van der Waals surface area contributed by atoms with E-state index in [2.05, 4.69) is 0 Å². The number of rotatable bonds is 3. The van der Waals surface area contributed by atoms with Crippen LogP contribution in [0.3, 0.4) is 0 Å². The second-order valence-corrected chi connectivity index (χ2v) is 6.61. The van der Waals surface area contributed by atoms with Gasteiger partial charge in [-0.25, -0.2) is 4.79 Å². The van der Waals surface area contributed by atoms with Gasteiger partial charge >= 0.3 is 12.1 Å². The number of carbonyl (C=O) groups excluding carboxylic acids is 2. The fourth-order valence-corrected chi connectivity index (χ4v) is 3.08. The van der Waals surface area contributed by atoms with Crippen LogP contribution in [0.2, 0.25) is 0 Å². The van der Waals surface area contributed by atoms with Crippen LogP contribution in [-0.4, -0.2) is 23.7 Å². The highest BCUT2D eigenvalue weighted by Crippen LogP contribution is 2.42. The molecule has 5 heteroatoms. The van der Waals surface area contributed by atoms with E-state index in [0.717, 1.165) is 11.1 Å². The lowest BCUT2D eigenvalue weighted by molar-refractivity contribution is -0.177. The minimum atomic E-state index is -0.870. The molecule has 2 aromatic carbocycles. The van der Waals surface area contributed by atoms with Crippen molar-refractivity contribution in [1.29, 1.82) is 0 Å². The quantitative estimate of drug-likeness (QED) is 0.796. The summed E-state index contributed by atoms with van der Waals surface area (Å²) >= 11 is 0. The molecule has 1 saturated heterocycles. The molecule has 1 aliphatic rings. The summed E-state index contributed by atoms with van der Waals surface area (Å²) in [4.78, 5) is 26.4. The number of esters is 1. The van der Waals surface area contributed by atoms with Crippen LogP contribution in [-0.2, 0) is 20.9 Å². The van der Waals surface area contributed by atoms with Gasteiger partial charge in [-0.3, -0.25) is 9.69 Å². The molecule has 1 aliphatic heterocycles. The summed E-state index contributed by atoms with van der Waals surface area (Å²) in [6, 6.07) is 18.5. The first-order valence-electron chi connectivity index (χ1n) is 8.19. The second kappa shape index (κ2) is 6.97. The first kappa shape index (κ1) is 17.0. The molecule has 2 aromatic rings. The number of cyclic esters (lactones) is 1. The van der Waals surface area contributed by atoms with Gasteiger partial charge in [-0.2, -0.15) is 0 Å². The Hall–Kier alpha value is -2.82. The summed E-state index contributed by atoms with van der Waals surface area (Å²) in [6.45, 7) is 3.62. The molecule has 0 bridgehead atoms. The Morgan fingerprint density at radius 2 is 1.72 bits per heavy atom. The van der Waals surface area contributed by atoms with Gasteiger partial charge in [0.15, 0.2) is 6.73 Å². The van der Waals surface area contributed by atoms with Crippen LogP contribution in [0, 0.1) is 5.41 Å². The third kappa shape index (κ3) is 3.50. The maximum Gasteiger partial charge on any atom is 0.413 e. The predicted molar refractivity (Wildman–Crippen MR) is 92.4 cm³/mol. The number of benzene rings is 2. The van der Waals surface area contributed by atoms with Crippen molar-refractivity contribution < 1.29 is 19.1 Å². The molecule has 0 spiro atoms. The first-order valence-corrected chi connectivity index (χ1v) is 8.19. The monoisotopic (exact) mass is 339 g/mol. The van der Waals surface area contributed by atoms with E-state index in [4.69, 9.17) is 9.47 Å².